The van der Waals surface area contributed by atoms with Gasteiger partial charge in [-0.15, -0.1) is 0 Å². The molecule has 0 spiro atoms. The number of nitrogens with zero attached hydrogens (tertiary/aromatic N) is 1. The summed E-state index contributed by atoms with van der Waals surface area (Å²) in [7, 11) is 0. The van der Waals surface area contributed by atoms with Crippen molar-refractivity contribution < 1.29 is 27.6 Å². The van der Waals surface area contributed by atoms with E-state index >= 15 is 0 Å². The Hall–Kier alpha value is -2.98. The van der Waals surface area contributed by atoms with E-state index in [0.717, 1.165) is 18.2 Å². The maximum absolute atomic E-state index is 12.6. The number of carbonyl (C=O) groups excluding carboxylic acids is 3. The van der Waals surface area contributed by atoms with E-state index in [1.54, 1.807) is 13.8 Å². The average Bonchev–Trinajstić information content (AvgIpc) is 2.58. The van der Waals surface area contributed by atoms with E-state index in [1.165, 1.54) is 11.0 Å². The zero-order valence-corrected chi connectivity index (χ0v) is 14.2. The zero-order chi connectivity index (χ0) is 19.7. The number of nitrogens with one attached hydrogen (secondary N) is 4. The Morgan fingerprint density at radius 2 is 1.73 bits per heavy atom. The average molecular weight is 375 g/mol. The molecule has 0 radical (unpaired) electrons. The summed E-state index contributed by atoms with van der Waals surface area (Å²) >= 11 is 0. The first-order valence-electron chi connectivity index (χ1n) is 7.73. The molecule has 26 heavy (non-hydrogen) atoms. The second-order valence-corrected chi connectivity index (χ2v) is 5.04. The summed E-state index contributed by atoms with van der Waals surface area (Å²) in [4.78, 5) is 36.3. The highest BCUT2D eigenvalue weighted by atomic mass is 19.4. The monoisotopic (exact) mass is 375 g/mol. The summed E-state index contributed by atoms with van der Waals surface area (Å²) in [6.07, 6.45) is -4.54. The first-order valence-corrected chi connectivity index (χ1v) is 7.73. The van der Waals surface area contributed by atoms with Crippen molar-refractivity contribution in [2.24, 2.45) is 0 Å². The minimum Gasteiger partial charge on any atom is -0.329 e. The maximum Gasteiger partial charge on any atom is 0.416 e. The first-order chi connectivity index (χ1) is 12.2. The highest BCUT2D eigenvalue weighted by Gasteiger charge is 2.30. The Labute approximate surface area is 148 Å². The summed E-state index contributed by atoms with van der Waals surface area (Å²) < 4.78 is 37.8. The maximum atomic E-state index is 12.6. The van der Waals surface area contributed by atoms with Gasteiger partial charge in [0.05, 0.1) is 5.56 Å². The van der Waals surface area contributed by atoms with E-state index in [9.17, 15) is 27.6 Å². The van der Waals surface area contributed by atoms with Crippen LogP contribution in [0.1, 0.15) is 19.4 Å². The summed E-state index contributed by atoms with van der Waals surface area (Å²) in [5.41, 5.74) is 2.98. The number of anilines is 1. The third-order valence-electron chi connectivity index (χ3n) is 3.21. The zero-order valence-electron chi connectivity index (χ0n) is 14.2. The lowest BCUT2D eigenvalue weighted by molar-refractivity contribution is -0.137. The van der Waals surface area contributed by atoms with Crippen LogP contribution in [0.15, 0.2) is 24.3 Å². The van der Waals surface area contributed by atoms with Gasteiger partial charge in [-0.25, -0.2) is 15.0 Å². The fraction of sp³-hybridized carbons (Fsp3) is 0.400. The summed E-state index contributed by atoms with van der Waals surface area (Å²) in [5, 5.41) is 4.51. The molecule has 0 heterocycles. The molecule has 0 aromatic heterocycles. The van der Waals surface area contributed by atoms with Crippen molar-refractivity contribution in [1.82, 2.24) is 21.1 Å². The Morgan fingerprint density at radius 1 is 1.08 bits per heavy atom. The van der Waals surface area contributed by atoms with Crippen molar-refractivity contribution in [3.63, 3.8) is 0 Å². The quantitative estimate of drug-likeness (QED) is 0.591. The Balaban J connectivity index is 2.43. The van der Waals surface area contributed by atoms with E-state index in [2.05, 4.69) is 10.6 Å². The van der Waals surface area contributed by atoms with Crippen LogP contribution in [0.3, 0.4) is 0 Å². The number of halogens is 3. The third kappa shape index (κ3) is 6.87. The Morgan fingerprint density at radius 3 is 2.31 bits per heavy atom. The number of hydrogen-bond donors (Lipinski definition) is 4. The van der Waals surface area contributed by atoms with Crippen LogP contribution in [-0.2, 0) is 11.0 Å². The van der Waals surface area contributed by atoms with Crippen LogP contribution in [0, 0.1) is 0 Å². The van der Waals surface area contributed by atoms with Crippen LogP contribution < -0.4 is 21.5 Å². The molecule has 0 aliphatic rings. The number of alkyl halides is 3. The van der Waals surface area contributed by atoms with E-state index in [-0.39, 0.29) is 12.2 Å². The van der Waals surface area contributed by atoms with Gasteiger partial charge in [-0.2, -0.15) is 13.2 Å². The Bertz CT molecular complexity index is 648. The largest absolute Gasteiger partial charge is 0.416 e. The minimum absolute atomic E-state index is 0.0959. The van der Waals surface area contributed by atoms with Crippen molar-refractivity contribution >= 4 is 23.7 Å². The molecule has 0 aliphatic heterocycles. The molecule has 4 N–H and O–H groups in total. The van der Waals surface area contributed by atoms with Gasteiger partial charge < -0.3 is 15.5 Å². The Kier molecular flexibility index (Phi) is 7.69. The fourth-order valence-corrected chi connectivity index (χ4v) is 1.88. The fourth-order valence-electron chi connectivity index (χ4n) is 1.88. The smallest absolute Gasteiger partial charge is 0.329 e. The molecule has 8 nitrogen and oxygen atoms in total. The number of hydrazine groups is 1. The highest BCUT2D eigenvalue weighted by molar-refractivity contribution is 5.91. The molecule has 0 saturated carbocycles. The molecule has 0 aliphatic carbocycles. The molecule has 0 fully saturated rings. The molecular weight excluding hydrogens is 355 g/mol. The molecule has 1 aromatic carbocycles. The van der Waals surface area contributed by atoms with Gasteiger partial charge in [0.2, 0.25) is 0 Å². The van der Waals surface area contributed by atoms with Gasteiger partial charge in [-0.05, 0) is 32.0 Å². The van der Waals surface area contributed by atoms with Crippen LogP contribution in [0.25, 0.3) is 0 Å². The number of amides is 5. The normalized spacial score (nSPS) is 10.7. The summed E-state index contributed by atoms with van der Waals surface area (Å²) in [5.74, 6) is -0.704. The predicted octanol–water partition coefficient (Wildman–Crippen LogP) is 1.91. The number of urea groups is 2. The second kappa shape index (κ2) is 9.49. The lowest BCUT2D eigenvalue weighted by Crippen LogP contribution is -2.49. The van der Waals surface area contributed by atoms with E-state index in [4.69, 9.17) is 0 Å². The van der Waals surface area contributed by atoms with Crippen molar-refractivity contribution in [3.05, 3.63) is 29.8 Å². The van der Waals surface area contributed by atoms with E-state index < -0.39 is 29.7 Å². The van der Waals surface area contributed by atoms with Crippen LogP contribution in [0.2, 0.25) is 0 Å². The van der Waals surface area contributed by atoms with Crippen molar-refractivity contribution in [1.29, 1.82) is 0 Å². The van der Waals surface area contributed by atoms with Crippen LogP contribution >= 0.6 is 0 Å². The molecule has 1 rings (SSSR count). The minimum atomic E-state index is -4.54. The molecule has 11 heteroatoms. The molecule has 5 amide bonds. The molecule has 0 atom stereocenters. The van der Waals surface area contributed by atoms with E-state index in [1.807, 2.05) is 10.9 Å². The standard InChI is InChI=1S/C15H20F3N5O3/c1-3-23(4-2)14(26)19-9-12(24)21-22-13(25)20-11-7-5-6-10(8-11)15(16,17)18/h5-8H,3-4,9H2,1-2H3,(H,19,26)(H,21,24)(H2,20,22,25). The molecule has 0 bridgehead atoms. The van der Waals surface area contributed by atoms with Gasteiger partial charge in [0.1, 0.15) is 6.54 Å². The number of hydrogen-bond acceptors (Lipinski definition) is 3. The lowest BCUT2D eigenvalue weighted by atomic mass is 10.2. The topological polar surface area (TPSA) is 103 Å². The summed E-state index contributed by atoms with van der Waals surface area (Å²) in [6.45, 7) is 4.13. The molecular formula is C15H20F3N5O3. The molecule has 0 unspecified atom stereocenters. The van der Waals surface area contributed by atoms with Gasteiger partial charge in [0.25, 0.3) is 5.91 Å². The van der Waals surface area contributed by atoms with Gasteiger partial charge in [0, 0.05) is 18.8 Å². The lowest BCUT2D eigenvalue weighted by Gasteiger charge is -2.19. The van der Waals surface area contributed by atoms with Gasteiger partial charge in [-0.1, -0.05) is 6.07 Å². The second-order valence-electron chi connectivity index (χ2n) is 5.04. The van der Waals surface area contributed by atoms with E-state index in [0.29, 0.717) is 13.1 Å². The predicted molar refractivity (Wildman–Crippen MR) is 88.1 cm³/mol. The van der Waals surface area contributed by atoms with Crippen molar-refractivity contribution in [2.75, 3.05) is 25.0 Å². The third-order valence-corrected chi connectivity index (χ3v) is 3.21. The van der Waals surface area contributed by atoms with Gasteiger partial charge in [0.15, 0.2) is 0 Å². The van der Waals surface area contributed by atoms with Crippen molar-refractivity contribution in [2.45, 2.75) is 20.0 Å². The SMILES string of the molecule is CCN(CC)C(=O)NCC(=O)NNC(=O)Nc1cccc(C(F)(F)F)c1. The van der Waals surface area contributed by atoms with Gasteiger partial charge in [-0.3, -0.25) is 10.2 Å². The van der Waals surface area contributed by atoms with Crippen LogP contribution in [0.5, 0.6) is 0 Å². The first kappa shape index (κ1) is 21.1. The van der Waals surface area contributed by atoms with Crippen LogP contribution in [0.4, 0.5) is 28.4 Å². The van der Waals surface area contributed by atoms with Crippen LogP contribution in [-0.4, -0.2) is 42.5 Å². The van der Waals surface area contributed by atoms with Gasteiger partial charge >= 0.3 is 18.2 Å². The molecule has 144 valence electrons. The van der Waals surface area contributed by atoms with Crippen molar-refractivity contribution in [3.8, 4) is 0 Å². The number of carbonyl (C=O) groups is 3. The molecule has 1 aromatic rings. The number of rotatable bonds is 5. The summed E-state index contributed by atoms with van der Waals surface area (Å²) in [6, 6.07) is 2.65. The molecule has 0 saturated heterocycles. The number of benzene rings is 1. The highest BCUT2D eigenvalue weighted by Crippen LogP contribution is 2.30.